The Hall–Kier alpha value is -3.83. The second kappa shape index (κ2) is 8.60. The zero-order chi connectivity index (χ0) is 23.9. The van der Waals surface area contributed by atoms with Crippen LogP contribution < -0.4 is 10.2 Å². The summed E-state index contributed by atoms with van der Waals surface area (Å²) in [4.78, 5) is 20.5. The SMILES string of the molecule is Cc1cc([C@@H](C)Oc2ccc(Cl)nc2C#N)c2oc(-c3cc(F)cnc3F)c(C)c(=O)c2c1. The van der Waals surface area contributed by atoms with Crippen LogP contribution in [0.5, 0.6) is 5.75 Å². The molecule has 4 rings (SSSR count). The zero-order valence-electron chi connectivity index (χ0n) is 17.7. The molecule has 0 bridgehead atoms. The van der Waals surface area contributed by atoms with Crippen LogP contribution in [0.15, 0.2) is 45.7 Å². The van der Waals surface area contributed by atoms with E-state index in [1.165, 1.54) is 19.1 Å². The molecule has 1 atom stereocenters. The highest BCUT2D eigenvalue weighted by atomic mass is 35.5. The monoisotopic (exact) mass is 467 g/mol. The van der Waals surface area contributed by atoms with Gasteiger partial charge in [0.25, 0.3) is 0 Å². The number of rotatable bonds is 4. The van der Waals surface area contributed by atoms with Crippen LogP contribution in [0.2, 0.25) is 5.15 Å². The first-order valence-corrected chi connectivity index (χ1v) is 10.2. The molecule has 1 aromatic carbocycles. The van der Waals surface area contributed by atoms with E-state index < -0.39 is 23.3 Å². The Labute approximate surface area is 192 Å². The fourth-order valence-electron chi connectivity index (χ4n) is 3.56. The molecule has 0 spiro atoms. The Morgan fingerprint density at radius 1 is 1.21 bits per heavy atom. The van der Waals surface area contributed by atoms with Gasteiger partial charge in [0.2, 0.25) is 5.95 Å². The lowest BCUT2D eigenvalue weighted by atomic mass is 10.00. The number of aryl methyl sites for hydroxylation is 1. The second-order valence-corrected chi connectivity index (χ2v) is 7.85. The summed E-state index contributed by atoms with van der Waals surface area (Å²) in [5.41, 5.74) is 0.860. The van der Waals surface area contributed by atoms with Gasteiger partial charge in [-0.05, 0) is 56.7 Å². The van der Waals surface area contributed by atoms with Gasteiger partial charge in [0.1, 0.15) is 34.5 Å². The number of hydrogen-bond acceptors (Lipinski definition) is 6. The number of ether oxygens (including phenoxy) is 1. The molecule has 0 fully saturated rings. The molecule has 166 valence electrons. The molecule has 3 heterocycles. The Balaban J connectivity index is 1.92. The molecule has 6 nitrogen and oxygen atoms in total. The maximum Gasteiger partial charge on any atom is 0.224 e. The number of pyridine rings is 2. The topological polar surface area (TPSA) is 89.0 Å². The summed E-state index contributed by atoms with van der Waals surface area (Å²) in [6.45, 7) is 4.98. The van der Waals surface area contributed by atoms with Gasteiger partial charge in [0.05, 0.1) is 17.1 Å². The van der Waals surface area contributed by atoms with E-state index in [1.54, 1.807) is 26.0 Å². The van der Waals surface area contributed by atoms with Gasteiger partial charge in [-0.15, -0.1) is 0 Å². The van der Waals surface area contributed by atoms with Crippen molar-refractivity contribution in [1.29, 1.82) is 5.26 Å². The van der Waals surface area contributed by atoms with Crippen LogP contribution in [0.4, 0.5) is 8.78 Å². The van der Waals surface area contributed by atoms with Crippen molar-refractivity contribution in [3.63, 3.8) is 0 Å². The predicted molar refractivity (Wildman–Crippen MR) is 118 cm³/mol. The van der Waals surface area contributed by atoms with E-state index >= 15 is 0 Å². The molecular formula is C24H16ClF2N3O3. The minimum absolute atomic E-state index is 0.00259. The number of nitrogens with zero attached hydrogens (tertiary/aromatic N) is 3. The molecule has 0 saturated carbocycles. The molecule has 0 aliphatic rings. The molecule has 0 aliphatic carbocycles. The van der Waals surface area contributed by atoms with Gasteiger partial charge in [0.15, 0.2) is 16.9 Å². The molecule has 0 N–H and O–H groups in total. The molecule has 0 radical (unpaired) electrons. The first-order chi connectivity index (χ1) is 15.7. The van der Waals surface area contributed by atoms with Crippen molar-refractivity contribution in [2.75, 3.05) is 0 Å². The van der Waals surface area contributed by atoms with Crippen molar-refractivity contribution in [3.05, 3.63) is 86.1 Å². The molecule has 0 amide bonds. The molecule has 33 heavy (non-hydrogen) atoms. The van der Waals surface area contributed by atoms with Crippen molar-refractivity contribution >= 4 is 22.6 Å². The molecule has 0 saturated heterocycles. The van der Waals surface area contributed by atoms with Crippen LogP contribution in [0, 0.1) is 36.9 Å². The summed E-state index contributed by atoms with van der Waals surface area (Å²) < 4.78 is 40.1. The zero-order valence-corrected chi connectivity index (χ0v) is 18.5. The van der Waals surface area contributed by atoms with Crippen LogP contribution in [0.3, 0.4) is 0 Å². The normalized spacial score (nSPS) is 11.9. The van der Waals surface area contributed by atoms with E-state index in [2.05, 4.69) is 9.97 Å². The Bertz CT molecular complexity index is 1510. The lowest BCUT2D eigenvalue weighted by Crippen LogP contribution is -2.12. The number of benzene rings is 1. The summed E-state index contributed by atoms with van der Waals surface area (Å²) in [7, 11) is 0. The first kappa shape index (κ1) is 22.4. The van der Waals surface area contributed by atoms with Crippen LogP contribution in [-0.2, 0) is 0 Å². The van der Waals surface area contributed by atoms with Crippen LogP contribution >= 0.6 is 11.6 Å². The van der Waals surface area contributed by atoms with Gasteiger partial charge >= 0.3 is 0 Å². The van der Waals surface area contributed by atoms with Gasteiger partial charge in [-0.25, -0.2) is 14.4 Å². The third-order valence-electron chi connectivity index (χ3n) is 5.11. The summed E-state index contributed by atoms with van der Waals surface area (Å²) in [6.07, 6.45) is 0.0435. The van der Waals surface area contributed by atoms with Crippen LogP contribution in [-0.4, -0.2) is 9.97 Å². The largest absolute Gasteiger partial charge is 0.483 e. The highest BCUT2D eigenvalue weighted by molar-refractivity contribution is 6.29. The fourth-order valence-corrected chi connectivity index (χ4v) is 3.71. The third kappa shape index (κ3) is 4.15. The lowest BCUT2D eigenvalue weighted by Gasteiger charge is -2.18. The van der Waals surface area contributed by atoms with Crippen molar-refractivity contribution in [3.8, 4) is 23.1 Å². The molecule has 3 aromatic heterocycles. The van der Waals surface area contributed by atoms with Crippen molar-refractivity contribution in [1.82, 2.24) is 9.97 Å². The minimum atomic E-state index is -0.967. The van der Waals surface area contributed by atoms with Crippen LogP contribution in [0.25, 0.3) is 22.3 Å². The average Bonchev–Trinajstić information content (AvgIpc) is 2.79. The van der Waals surface area contributed by atoms with E-state index in [0.717, 1.165) is 17.8 Å². The molecule has 0 unspecified atom stereocenters. The maximum absolute atomic E-state index is 14.4. The van der Waals surface area contributed by atoms with Gasteiger partial charge in [-0.2, -0.15) is 9.65 Å². The maximum atomic E-state index is 14.4. The third-order valence-corrected chi connectivity index (χ3v) is 5.32. The van der Waals surface area contributed by atoms with E-state index in [4.69, 9.17) is 20.8 Å². The molecular weight excluding hydrogens is 452 g/mol. The highest BCUT2D eigenvalue weighted by Crippen LogP contribution is 2.34. The van der Waals surface area contributed by atoms with E-state index in [1.807, 2.05) is 6.07 Å². The van der Waals surface area contributed by atoms with Gasteiger partial charge in [0, 0.05) is 11.1 Å². The highest BCUT2D eigenvalue weighted by Gasteiger charge is 2.22. The molecule has 4 aromatic rings. The first-order valence-electron chi connectivity index (χ1n) is 9.82. The number of aromatic nitrogens is 2. The molecule has 9 heteroatoms. The summed E-state index contributed by atoms with van der Waals surface area (Å²) in [5.74, 6) is -1.67. The Morgan fingerprint density at radius 2 is 1.97 bits per heavy atom. The second-order valence-electron chi connectivity index (χ2n) is 7.46. The van der Waals surface area contributed by atoms with Crippen molar-refractivity contribution < 1.29 is 17.9 Å². The van der Waals surface area contributed by atoms with Gasteiger partial charge in [-0.3, -0.25) is 4.79 Å². The van der Waals surface area contributed by atoms with Gasteiger partial charge < -0.3 is 9.15 Å². The van der Waals surface area contributed by atoms with E-state index in [0.29, 0.717) is 5.56 Å². The number of fused-ring (bicyclic) bond motifs is 1. The van der Waals surface area contributed by atoms with E-state index in [9.17, 15) is 18.8 Å². The van der Waals surface area contributed by atoms with Crippen molar-refractivity contribution in [2.24, 2.45) is 0 Å². The smallest absolute Gasteiger partial charge is 0.224 e. The van der Waals surface area contributed by atoms with Gasteiger partial charge in [-0.1, -0.05) is 11.6 Å². The summed E-state index contributed by atoms with van der Waals surface area (Å²) >= 11 is 5.85. The van der Waals surface area contributed by atoms with Crippen molar-refractivity contribution in [2.45, 2.75) is 26.9 Å². The Kier molecular flexibility index (Phi) is 5.83. The number of halogens is 3. The van der Waals surface area contributed by atoms with Crippen LogP contribution in [0.1, 0.15) is 35.4 Å². The number of hydrogen-bond donors (Lipinski definition) is 0. The summed E-state index contributed by atoms with van der Waals surface area (Å²) in [6, 6.07) is 9.25. The number of nitriles is 1. The molecule has 0 aliphatic heterocycles. The standard InChI is InChI=1S/C24H16ClF2N3O3/c1-11-6-15(13(3)32-19-4-5-20(25)30-18(19)9-28)23-16(7-11)21(31)12(2)22(33-23)17-8-14(26)10-29-24(17)27/h4-8,10,13H,1-3H3/t13-/m1/s1. The van der Waals surface area contributed by atoms with E-state index in [-0.39, 0.29) is 44.5 Å². The summed E-state index contributed by atoms with van der Waals surface area (Å²) in [5, 5.41) is 9.74. The fraction of sp³-hybridized carbons (Fsp3) is 0.167. The lowest BCUT2D eigenvalue weighted by molar-refractivity contribution is 0.225. The average molecular weight is 468 g/mol. The predicted octanol–water partition coefficient (Wildman–Crippen LogP) is 5.81. The quantitative estimate of drug-likeness (QED) is 0.352. The Morgan fingerprint density at radius 3 is 2.70 bits per heavy atom. The minimum Gasteiger partial charge on any atom is -0.483 e.